The van der Waals surface area contributed by atoms with Crippen LogP contribution < -0.4 is 10.4 Å². The second kappa shape index (κ2) is 6.46. The van der Waals surface area contributed by atoms with Crippen molar-refractivity contribution in [3.63, 3.8) is 0 Å². The van der Waals surface area contributed by atoms with E-state index in [2.05, 4.69) is 35.8 Å². The molecule has 0 aliphatic carbocycles. The van der Waals surface area contributed by atoms with Gasteiger partial charge in [0.05, 0.1) is 22.4 Å². The average Bonchev–Trinajstić information content (AvgIpc) is 3.24. The van der Waals surface area contributed by atoms with Gasteiger partial charge in [-0.3, -0.25) is 4.98 Å². The lowest BCUT2D eigenvalue weighted by Crippen LogP contribution is -2.22. The van der Waals surface area contributed by atoms with Gasteiger partial charge in [-0.2, -0.15) is 0 Å². The van der Waals surface area contributed by atoms with Crippen molar-refractivity contribution in [2.24, 2.45) is 0 Å². The maximum absolute atomic E-state index is 13.2. The Hall–Kier alpha value is -4.07. The molecular weight excluding hydrogens is 406 g/mol. The molecule has 1 unspecified atom stereocenters. The van der Waals surface area contributed by atoms with E-state index in [9.17, 15) is 4.79 Å². The molecule has 8 heteroatoms. The molecule has 8 nitrogen and oxygen atoms in total. The van der Waals surface area contributed by atoms with E-state index >= 15 is 0 Å². The van der Waals surface area contributed by atoms with Gasteiger partial charge in [-0.15, -0.1) is 5.10 Å². The van der Waals surface area contributed by atoms with Crippen LogP contribution in [0, 0.1) is 0 Å². The van der Waals surface area contributed by atoms with Crippen molar-refractivity contribution < 1.29 is 9.15 Å². The first-order chi connectivity index (χ1) is 15.4. The predicted molar refractivity (Wildman–Crippen MR) is 117 cm³/mol. The van der Waals surface area contributed by atoms with Crippen molar-refractivity contribution in [1.82, 2.24) is 24.6 Å². The molecule has 4 aromatic heterocycles. The fraction of sp³-hybridized carbons (Fsp3) is 0.208. The zero-order valence-electron chi connectivity index (χ0n) is 17.7. The number of hydrogen-bond donors (Lipinski definition) is 0. The van der Waals surface area contributed by atoms with Gasteiger partial charge in [0.25, 0.3) is 0 Å². The normalized spacial score (nSPS) is 15.4. The van der Waals surface area contributed by atoms with E-state index in [-0.39, 0.29) is 5.41 Å². The third kappa shape index (κ3) is 2.65. The van der Waals surface area contributed by atoms with Crippen molar-refractivity contribution in [2.75, 3.05) is 0 Å². The van der Waals surface area contributed by atoms with Gasteiger partial charge in [0, 0.05) is 17.8 Å². The first kappa shape index (κ1) is 18.7. The van der Waals surface area contributed by atoms with E-state index in [1.165, 1.54) is 0 Å². The fourth-order valence-electron chi connectivity index (χ4n) is 4.14. The molecule has 158 valence electrons. The predicted octanol–water partition coefficient (Wildman–Crippen LogP) is 4.21. The number of nitrogens with zero attached hydrogens (tertiary/aromatic N) is 5. The minimum absolute atomic E-state index is 0.256. The van der Waals surface area contributed by atoms with E-state index < -0.39 is 11.5 Å². The number of hydrogen-bond acceptors (Lipinski definition) is 7. The highest BCUT2D eigenvalue weighted by atomic mass is 16.5. The van der Waals surface area contributed by atoms with Gasteiger partial charge in [0.2, 0.25) is 5.88 Å². The summed E-state index contributed by atoms with van der Waals surface area (Å²) >= 11 is 0. The van der Waals surface area contributed by atoms with E-state index in [1.807, 2.05) is 30.3 Å². The Morgan fingerprint density at radius 3 is 2.59 bits per heavy atom. The number of pyridine rings is 1. The van der Waals surface area contributed by atoms with E-state index in [4.69, 9.17) is 14.1 Å². The van der Waals surface area contributed by atoms with Crippen LogP contribution in [0.1, 0.15) is 49.2 Å². The Morgan fingerprint density at radius 2 is 1.81 bits per heavy atom. The van der Waals surface area contributed by atoms with Crippen LogP contribution in [0.25, 0.3) is 16.6 Å². The second-order valence-corrected chi connectivity index (χ2v) is 8.86. The Balaban J connectivity index is 1.73. The molecule has 1 aliphatic heterocycles. The van der Waals surface area contributed by atoms with Crippen LogP contribution in [0.15, 0.2) is 64.3 Å². The summed E-state index contributed by atoms with van der Waals surface area (Å²) in [5.74, 6) is 1.04. The summed E-state index contributed by atoms with van der Waals surface area (Å²) < 4.78 is 13.6. The summed E-state index contributed by atoms with van der Waals surface area (Å²) in [6.07, 6.45) is 4.99. The molecule has 5 heterocycles. The molecule has 6 rings (SSSR count). The zero-order valence-corrected chi connectivity index (χ0v) is 17.7. The summed E-state index contributed by atoms with van der Waals surface area (Å²) in [5, 5.41) is 5.34. The maximum Gasteiger partial charge on any atom is 0.344 e. The SMILES string of the molecule is CC(C)(C)c1nc2c3c(ncn2n1)Oc1c(c(=O)oc2ccccc12)C3c1ccncc1. The van der Waals surface area contributed by atoms with Gasteiger partial charge in [0.1, 0.15) is 11.9 Å². The van der Waals surface area contributed by atoms with Gasteiger partial charge >= 0.3 is 5.63 Å². The van der Waals surface area contributed by atoms with Crippen molar-refractivity contribution in [2.45, 2.75) is 32.1 Å². The number of aromatic nitrogens is 5. The Kier molecular flexibility index (Phi) is 3.77. The number of rotatable bonds is 1. The van der Waals surface area contributed by atoms with Crippen LogP contribution in [-0.2, 0) is 5.41 Å². The van der Waals surface area contributed by atoms with Crippen LogP contribution in [-0.4, -0.2) is 24.6 Å². The summed E-state index contributed by atoms with van der Waals surface area (Å²) in [7, 11) is 0. The molecule has 1 aliphatic rings. The monoisotopic (exact) mass is 425 g/mol. The average molecular weight is 425 g/mol. The molecule has 0 fully saturated rings. The first-order valence-electron chi connectivity index (χ1n) is 10.3. The highest BCUT2D eigenvalue weighted by molar-refractivity contribution is 5.86. The lowest BCUT2D eigenvalue weighted by molar-refractivity contribution is 0.422. The summed E-state index contributed by atoms with van der Waals surface area (Å²) in [4.78, 5) is 26.8. The minimum Gasteiger partial charge on any atom is -0.437 e. The number of benzene rings is 1. The molecule has 5 aromatic rings. The molecule has 0 saturated carbocycles. The van der Waals surface area contributed by atoms with Crippen molar-refractivity contribution in [3.8, 4) is 11.6 Å². The molecular formula is C24H19N5O3. The standard InChI is InChI=1S/C24H19N5O3/c1-24(2,3)23-27-20-18-16(13-8-10-25-11-9-13)17-19(32-21(18)26-12-29(20)28-23)14-6-4-5-7-15(14)31-22(17)30/h4-12,16H,1-3H3. The largest absolute Gasteiger partial charge is 0.437 e. The zero-order chi connectivity index (χ0) is 22.0. The summed E-state index contributed by atoms with van der Waals surface area (Å²) in [6, 6.07) is 11.1. The second-order valence-electron chi connectivity index (χ2n) is 8.86. The van der Waals surface area contributed by atoms with Gasteiger partial charge in [-0.25, -0.2) is 19.3 Å². The molecule has 0 N–H and O–H groups in total. The quantitative estimate of drug-likeness (QED) is 0.364. The first-order valence-corrected chi connectivity index (χ1v) is 10.3. The Morgan fingerprint density at radius 1 is 1.03 bits per heavy atom. The molecule has 0 spiro atoms. The van der Waals surface area contributed by atoms with Crippen LogP contribution >= 0.6 is 0 Å². The molecule has 0 amide bonds. The van der Waals surface area contributed by atoms with Crippen LogP contribution in [0.2, 0.25) is 0 Å². The van der Waals surface area contributed by atoms with Crippen LogP contribution in [0.5, 0.6) is 11.6 Å². The van der Waals surface area contributed by atoms with Gasteiger partial charge < -0.3 is 9.15 Å². The van der Waals surface area contributed by atoms with Gasteiger partial charge in [-0.05, 0) is 29.8 Å². The van der Waals surface area contributed by atoms with Crippen LogP contribution in [0.4, 0.5) is 0 Å². The van der Waals surface area contributed by atoms with Crippen molar-refractivity contribution in [1.29, 1.82) is 0 Å². The topological polar surface area (TPSA) is 95.4 Å². The molecule has 1 atom stereocenters. The van der Waals surface area contributed by atoms with E-state index in [0.29, 0.717) is 45.2 Å². The van der Waals surface area contributed by atoms with E-state index in [1.54, 1.807) is 29.3 Å². The van der Waals surface area contributed by atoms with Crippen molar-refractivity contribution >= 4 is 16.6 Å². The summed E-state index contributed by atoms with van der Waals surface area (Å²) in [5.41, 5.74) is 2.31. The molecule has 1 aromatic carbocycles. The number of ether oxygens (including phenoxy) is 1. The molecule has 32 heavy (non-hydrogen) atoms. The lowest BCUT2D eigenvalue weighted by atomic mass is 9.84. The minimum atomic E-state index is -0.495. The maximum atomic E-state index is 13.2. The Labute approximate surface area is 182 Å². The van der Waals surface area contributed by atoms with Crippen LogP contribution in [0.3, 0.4) is 0 Å². The highest BCUT2D eigenvalue weighted by Crippen LogP contribution is 2.48. The number of para-hydroxylation sites is 1. The van der Waals surface area contributed by atoms with Gasteiger partial charge in [-0.1, -0.05) is 32.9 Å². The molecule has 0 bridgehead atoms. The Bertz CT molecular complexity index is 1560. The summed E-state index contributed by atoms with van der Waals surface area (Å²) in [6.45, 7) is 6.15. The van der Waals surface area contributed by atoms with Gasteiger partial charge in [0.15, 0.2) is 17.2 Å². The third-order valence-electron chi connectivity index (χ3n) is 5.67. The molecule has 0 saturated heterocycles. The molecule has 0 radical (unpaired) electrons. The van der Waals surface area contributed by atoms with Crippen molar-refractivity contribution in [3.05, 3.63) is 88.1 Å². The lowest BCUT2D eigenvalue weighted by Gasteiger charge is -2.27. The van der Waals surface area contributed by atoms with E-state index in [0.717, 1.165) is 5.56 Å². The number of fused-ring (bicyclic) bond motifs is 6. The third-order valence-corrected chi connectivity index (χ3v) is 5.67. The fourth-order valence-corrected chi connectivity index (χ4v) is 4.14. The smallest absolute Gasteiger partial charge is 0.344 e. The highest BCUT2D eigenvalue weighted by Gasteiger charge is 2.37.